The molecule has 0 unspecified atom stereocenters. The number of aromatic nitrogens is 2. The van der Waals surface area contributed by atoms with Crippen LogP contribution in [0.25, 0.3) is 10.8 Å². The SMILES string of the molecule is FC(F)(F)c1ccc(CN2CCN(c3nncc4ccccc34)CC2)cc1. The normalized spacial score (nSPS) is 16.0. The van der Waals surface area contributed by atoms with Crippen molar-refractivity contribution in [3.63, 3.8) is 0 Å². The highest BCUT2D eigenvalue weighted by Gasteiger charge is 2.30. The molecule has 1 aliphatic rings. The maximum atomic E-state index is 12.7. The van der Waals surface area contributed by atoms with Gasteiger partial charge in [-0.05, 0) is 17.7 Å². The zero-order valence-corrected chi connectivity index (χ0v) is 14.7. The summed E-state index contributed by atoms with van der Waals surface area (Å²) in [7, 11) is 0. The van der Waals surface area contributed by atoms with Gasteiger partial charge in [0, 0.05) is 43.5 Å². The quantitative estimate of drug-likeness (QED) is 0.696. The summed E-state index contributed by atoms with van der Waals surface area (Å²) in [6.07, 6.45) is -2.52. The van der Waals surface area contributed by atoms with E-state index in [1.807, 2.05) is 24.3 Å². The highest BCUT2D eigenvalue weighted by molar-refractivity contribution is 5.91. The van der Waals surface area contributed by atoms with Gasteiger partial charge < -0.3 is 4.90 Å². The molecule has 0 spiro atoms. The summed E-state index contributed by atoms with van der Waals surface area (Å²) in [6.45, 7) is 3.91. The molecule has 0 amide bonds. The fourth-order valence-corrected chi connectivity index (χ4v) is 3.42. The van der Waals surface area contributed by atoms with Crippen LogP contribution in [0.1, 0.15) is 11.1 Å². The lowest BCUT2D eigenvalue weighted by Gasteiger charge is -2.35. The van der Waals surface area contributed by atoms with E-state index in [0.29, 0.717) is 6.54 Å². The first-order valence-corrected chi connectivity index (χ1v) is 8.84. The van der Waals surface area contributed by atoms with Crippen LogP contribution in [0.2, 0.25) is 0 Å². The number of alkyl halides is 3. The largest absolute Gasteiger partial charge is 0.416 e. The Hall–Kier alpha value is -2.67. The van der Waals surface area contributed by atoms with E-state index in [0.717, 1.165) is 60.5 Å². The van der Waals surface area contributed by atoms with Crippen molar-refractivity contribution in [2.45, 2.75) is 12.7 Å². The summed E-state index contributed by atoms with van der Waals surface area (Å²) < 4.78 is 38.0. The van der Waals surface area contributed by atoms with Crippen LogP contribution in [0.3, 0.4) is 0 Å². The first kappa shape index (κ1) is 17.7. The lowest BCUT2D eigenvalue weighted by Crippen LogP contribution is -2.46. The first-order valence-electron chi connectivity index (χ1n) is 8.84. The van der Waals surface area contributed by atoms with Gasteiger partial charge in [-0.3, -0.25) is 4.90 Å². The highest BCUT2D eigenvalue weighted by atomic mass is 19.4. The molecule has 2 heterocycles. The Labute approximate surface area is 155 Å². The molecule has 7 heteroatoms. The van der Waals surface area contributed by atoms with E-state index in [1.54, 1.807) is 18.3 Å². The topological polar surface area (TPSA) is 32.3 Å². The maximum absolute atomic E-state index is 12.7. The molecule has 1 fully saturated rings. The molecule has 3 aromatic rings. The molecule has 1 aromatic heterocycles. The number of rotatable bonds is 3. The van der Waals surface area contributed by atoms with Gasteiger partial charge in [0.05, 0.1) is 11.8 Å². The molecule has 0 aliphatic carbocycles. The van der Waals surface area contributed by atoms with Gasteiger partial charge in [0.1, 0.15) is 0 Å². The summed E-state index contributed by atoms with van der Waals surface area (Å²) in [5.74, 6) is 0.891. The smallest absolute Gasteiger partial charge is 0.352 e. The molecular weight excluding hydrogens is 353 g/mol. The molecule has 0 radical (unpaired) electrons. The highest BCUT2D eigenvalue weighted by Crippen LogP contribution is 2.29. The zero-order valence-electron chi connectivity index (χ0n) is 14.7. The number of fused-ring (bicyclic) bond motifs is 1. The van der Waals surface area contributed by atoms with Crippen LogP contribution >= 0.6 is 0 Å². The van der Waals surface area contributed by atoms with Gasteiger partial charge >= 0.3 is 6.18 Å². The minimum Gasteiger partial charge on any atom is -0.352 e. The van der Waals surface area contributed by atoms with E-state index in [9.17, 15) is 13.2 Å². The van der Waals surface area contributed by atoms with Crippen LogP contribution < -0.4 is 4.90 Å². The van der Waals surface area contributed by atoms with Crippen molar-refractivity contribution in [2.75, 3.05) is 31.1 Å². The molecule has 27 heavy (non-hydrogen) atoms. The van der Waals surface area contributed by atoms with Crippen LogP contribution in [0.15, 0.2) is 54.7 Å². The number of benzene rings is 2. The van der Waals surface area contributed by atoms with E-state index in [1.165, 1.54) is 0 Å². The van der Waals surface area contributed by atoms with Gasteiger partial charge in [-0.25, -0.2) is 0 Å². The molecule has 4 nitrogen and oxygen atoms in total. The molecule has 0 atom stereocenters. The zero-order chi connectivity index (χ0) is 18.9. The van der Waals surface area contributed by atoms with Crippen LogP contribution in [-0.4, -0.2) is 41.3 Å². The van der Waals surface area contributed by atoms with Gasteiger partial charge in [0.25, 0.3) is 0 Å². The molecule has 0 N–H and O–H groups in total. The molecule has 1 aliphatic heterocycles. The third-order valence-corrected chi connectivity index (χ3v) is 4.91. The van der Waals surface area contributed by atoms with Crippen molar-refractivity contribution >= 4 is 16.6 Å². The number of anilines is 1. The van der Waals surface area contributed by atoms with Crippen molar-refractivity contribution in [1.29, 1.82) is 0 Å². The Morgan fingerprint density at radius 2 is 1.59 bits per heavy atom. The van der Waals surface area contributed by atoms with Gasteiger partial charge in [0.15, 0.2) is 5.82 Å². The Balaban J connectivity index is 1.40. The molecule has 2 aromatic carbocycles. The average molecular weight is 372 g/mol. The Morgan fingerprint density at radius 1 is 0.889 bits per heavy atom. The van der Waals surface area contributed by atoms with Crippen molar-refractivity contribution in [3.8, 4) is 0 Å². The number of hydrogen-bond acceptors (Lipinski definition) is 4. The third kappa shape index (κ3) is 3.88. The van der Waals surface area contributed by atoms with Crippen molar-refractivity contribution in [1.82, 2.24) is 15.1 Å². The Kier molecular flexibility index (Phi) is 4.70. The Morgan fingerprint density at radius 3 is 2.30 bits per heavy atom. The van der Waals surface area contributed by atoms with Crippen molar-refractivity contribution in [2.24, 2.45) is 0 Å². The van der Waals surface area contributed by atoms with Gasteiger partial charge in [-0.2, -0.15) is 18.3 Å². The monoisotopic (exact) mass is 372 g/mol. The fraction of sp³-hybridized carbons (Fsp3) is 0.300. The van der Waals surface area contributed by atoms with Crippen LogP contribution in [-0.2, 0) is 12.7 Å². The third-order valence-electron chi connectivity index (χ3n) is 4.91. The lowest BCUT2D eigenvalue weighted by molar-refractivity contribution is -0.137. The molecule has 140 valence electrons. The average Bonchev–Trinajstić information content (AvgIpc) is 2.68. The van der Waals surface area contributed by atoms with Crippen LogP contribution in [0.5, 0.6) is 0 Å². The molecule has 4 rings (SSSR count). The second kappa shape index (κ2) is 7.15. The predicted octanol–water partition coefficient (Wildman–Crippen LogP) is 3.97. The van der Waals surface area contributed by atoms with Crippen molar-refractivity contribution < 1.29 is 13.2 Å². The van der Waals surface area contributed by atoms with E-state index >= 15 is 0 Å². The van der Waals surface area contributed by atoms with E-state index in [4.69, 9.17) is 0 Å². The summed E-state index contributed by atoms with van der Waals surface area (Å²) in [4.78, 5) is 4.47. The number of piperazine rings is 1. The molecule has 1 saturated heterocycles. The second-order valence-electron chi connectivity index (χ2n) is 6.71. The molecular formula is C20H19F3N4. The maximum Gasteiger partial charge on any atom is 0.416 e. The van der Waals surface area contributed by atoms with Gasteiger partial charge in [0.2, 0.25) is 0 Å². The van der Waals surface area contributed by atoms with Gasteiger partial charge in [-0.15, -0.1) is 5.10 Å². The summed E-state index contributed by atoms with van der Waals surface area (Å²) in [6, 6.07) is 13.5. The number of hydrogen-bond donors (Lipinski definition) is 0. The van der Waals surface area contributed by atoms with Crippen LogP contribution in [0, 0.1) is 0 Å². The number of halogens is 3. The van der Waals surface area contributed by atoms with Gasteiger partial charge in [-0.1, -0.05) is 36.4 Å². The van der Waals surface area contributed by atoms with Crippen molar-refractivity contribution in [3.05, 3.63) is 65.9 Å². The second-order valence-corrected chi connectivity index (χ2v) is 6.71. The summed E-state index contributed by atoms with van der Waals surface area (Å²) >= 11 is 0. The van der Waals surface area contributed by atoms with E-state index < -0.39 is 11.7 Å². The number of nitrogens with zero attached hydrogens (tertiary/aromatic N) is 4. The first-order chi connectivity index (χ1) is 13.0. The van der Waals surface area contributed by atoms with E-state index in [2.05, 4.69) is 20.0 Å². The predicted molar refractivity (Wildman–Crippen MR) is 98.5 cm³/mol. The lowest BCUT2D eigenvalue weighted by atomic mass is 10.1. The Bertz CT molecular complexity index is 911. The molecule has 0 saturated carbocycles. The summed E-state index contributed by atoms with van der Waals surface area (Å²) in [5, 5.41) is 10.6. The minimum absolute atomic E-state index is 0.606. The molecule has 0 bridgehead atoms. The minimum atomic E-state index is -4.29. The standard InChI is InChI=1S/C20H19F3N4/c21-20(22,23)17-7-5-15(6-8-17)14-26-9-11-27(12-10-26)19-18-4-2-1-3-16(18)13-24-25-19/h1-8,13H,9-12,14H2. The fourth-order valence-electron chi connectivity index (χ4n) is 3.42. The van der Waals surface area contributed by atoms with Crippen LogP contribution in [0.4, 0.5) is 19.0 Å². The summed E-state index contributed by atoms with van der Waals surface area (Å²) in [5.41, 5.74) is 0.284. The van der Waals surface area contributed by atoms with E-state index in [-0.39, 0.29) is 0 Å².